The van der Waals surface area contributed by atoms with Crippen LogP contribution in [0.5, 0.6) is 5.75 Å². The highest BCUT2D eigenvalue weighted by atomic mass is 32.2. The second-order valence-electron chi connectivity index (χ2n) is 9.29. The van der Waals surface area contributed by atoms with Crippen molar-refractivity contribution in [1.82, 2.24) is 4.90 Å². The normalized spacial score (nSPS) is 17.7. The van der Waals surface area contributed by atoms with E-state index in [1.165, 1.54) is 11.8 Å². The van der Waals surface area contributed by atoms with Crippen molar-refractivity contribution in [2.75, 3.05) is 19.3 Å². The number of likely N-dealkylation sites (tertiary alicyclic amines) is 1. The molecule has 2 aliphatic rings. The number of sulfone groups is 1. The van der Waals surface area contributed by atoms with E-state index in [0.29, 0.717) is 13.1 Å². The summed E-state index contributed by atoms with van der Waals surface area (Å²) in [7, 11) is -3.04. The Morgan fingerprint density at radius 2 is 1.72 bits per heavy atom. The lowest BCUT2D eigenvalue weighted by Crippen LogP contribution is -2.51. The van der Waals surface area contributed by atoms with Crippen LogP contribution in [0.25, 0.3) is 11.1 Å². The second kappa shape index (κ2) is 8.77. The second-order valence-corrected chi connectivity index (χ2v) is 11.4. The number of aryl methyl sites for hydroxylation is 1. The van der Waals surface area contributed by atoms with Crippen molar-refractivity contribution in [2.45, 2.75) is 57.0 Å². The largest absolute Gasteiger partial charge is 0.487 e. The Bertz CT molecular complexity index is 1080. The fourth-order valence-corrected chi connectivity index (χ4v) is 5.32. The van der Waals surface area contributed by atoms with E-state index < -0.39 is 9.84 Å². The first kappa shape index (κ1) is 22.6. The Kier molecular flexibility index (Phi) is 6.21. The Balaban J connectivity index is 1.42. The zero-order valence-electron chi connectivity index (χ0n) is 19.0. The summed E-state index contributed by atoms with van der Waals surface area (Å²) < 4.78 is 34.8. The van der Waals surface area contributed by atoms with Crippen LogP contribution in [0, 0.1) is 0 Å². The minimum Gasteiger partial charge on any atom is -0.487 e. The molecule has 2 aromatic carbocycles. The summed E-state index contributed by atoms with van der Waals surface area (Å²) in [5.41, 5.74) is 3.93. The summed E-state index contributed by atoms with van der Waals surface area (Å²) in [5, 5.41) is 0. The first-order chi connectivity index (χ1) is 15.1. The summed E-state index contributed by atoms with van der Waals surface area (Å²) in [5.74, 6) is 0.979. The molecule has 7 heteroatoms. The van der Waals surface area contributed by atoms with E-state index in [0.717, 1.165) is 48.1 Å². The van der Waals surface area contributed by atoms with Gasteiger partial charge in [-0.3, -0.25) is 0 Å². The molecular weight excluding hydrogens is 426 g/mol. The lowest BCUT2D eigenvalue weighted by Gasteiger charge is -2.44. The molecule has 0 atom stereocenters. The van der Waals surface area contributed by atoms with Crippen LogP contribution >= 0.6 is 0 Å². The van der Waals surface area contributed by atoms with Crippen LogP contribution < -0.4 is 4.74 Å². The Morgan fingerprint density at radius 1 is 1.06 bits per heavy atom. The standard InChI is InChI=1S/C25H31NO5S/c1-18(2)30-24(27)26-14-12-25(13-15-26)11-10-22-16-21(8-9-23(22)31-25)20-6-4-19(5-7-20)17-32(3,28)29/h4-9,16,18H,10-15,17H2,1-3H3. The summed E-state index contributed by atoms with van der Waals surface area (Å²) in [6, 6.07) is 14.0. The van der Waals surface area contributed by atoms with Crippen LogP contribution in [0.4, 0.5) is 4.79 Å². The molecule has 2 aliphatic heterocycles. The number of nitrogens with zero attached hydrogens (tertiary/aromatic N) is 1. The Labute approximate surface area is 190 Å². The lowest BCUT2D eigenvalue weighted by atomic mass is 9.82. The lowest BCUT2D eigenvalue weighted by molar-refractivity contribution is -0.0172. The molecule has 1 amide bonds. The molecule has 2 heterocycles. The fourth-order valence-electron chi connectivity index (χ4n) is 4.52. The number of benzene rings is 2. The van der Waals surface area contributed by atoms with Crippen LogP contribution in [0.2, 0.25) is 0 Å². The topological polar surface area (TPSA) is 72.9 Å². The molecule has 32 heavy (non-hydrogen) atoms. The number of carbonyl (C=O) groups is 1. The van der Waals surface area contributed by atoms with Gasteiger partial charge in [0.1, 0.15) is 11.4 Å². The maximum Gasteiger partial charge on any atom is 0.410 e. The van der Waals surface area contributed by atoms with Gasteiger partial charge in [0.2, 0.25) is 0 Å². The fraction of sp³-hybridized carbons (Fsp3) is 0.480. The van der Waals surface area contributed by atoms with Gasteiger partial charge in [-0.2, -0.15) is 0 Å². The van der Waals surface area contributed by atoms with Crippen molar-refractivity contribution < 1.29 is 22.7 Å². The first-order valence-electron chi connectivity index (χ1n) is 11.2. The van der Waals surface area contributed by atoms with E-state index >= 15 is 0 Å². The van der Waals surface area contributed by atoms with Gasteiger partial charge in [-0.25, -0.2) is 13.2 Å². The smallest absolute Gasteiger partial charge is 0.410 e. The molecular formula is C25H31NO5S. The number of hydrogen-bond donors (Lipinski definition) is 0. The molecule has 0 unspecified atom stereocenters. The number of piperidine rings is 1. The summed E-state index contributed by atoms with van der Waals surface area (Å²) >= 11 is 0. The quantitative estimate of drug-likeness (QED) is 0.671. The summed E-state index contributed by atoms with van der Waals surface area (Å²) in [6.07, 6.45) is 4.39. The van der Waals surface area contributed by atoms with Gasteiger partial charge in [-0.05, 0) is 61.1 Å². The Morgan fingerprint density at radius 3 is 2.34 bits per heavy atom. The molecule has 4 rings (SSSR count). The van der Waals surface area contributed by atoms with Crippen LogP contribution in [-0.4, -0.2) is 50.5 Å². The molecule has 0 aliphatic carbocycles. The third-order valence-corrected chi connectivity index (χ3v) is 7.08. The van der Waals surface area contributed by atoms with Crippen LogP contribution in [0.1, 0.15) is 44.2 Å². The molecule has 6 nitrogen and oxygen atoms in total. The molecule has 172 valence electrons. The predicted octanol–water partition coefficient (Wildman–Crippen LogP) is 4.60. The number of rotatable bonds is 4. The molecule has 2 aromatic rings. The van der Waals surface area contributed by atoms with Gasteiger partial charge < -0.3 is 14.4 Å². The highest BCUT2D eigenvalue weighted by Gasteiger charge is 2.40. The molecule has 0 saturated carbocycles. The average Bonchev–Trinajstić information content (AvgIpc) is 2.73. The molecule has 1 fully saturated rings. The maximum atomic E-state index is 12.2. The van der Waals surface area contributed by atoms with Crippen molar-refractivity contribution >= 4 is 15.9 Å². The van der Waals surface area contributed by atoms with Gasteiger partial charge in [-0.15, -0.1) is 0 Å². The highest BCUT2D eigenvalue weighted by molar-refractivity contribution is 7.89. The number of ether oxygens (including phenoxy) is 2. The minimum absolute atomic E-state index is 0.0556. The van der Waals surface area contributed by atoms with Crippen molar-refractivity contribution in [1.29, 1.82) is 0 Å². The Hall–Kier alpha value is -2.54. The molecule has 1 spiro atoms. The molecule has 1 saturated heterocycles. The van der Waals surface area contributed by atoms with E-state index in [9.17, 15) is 13.2 Å². The minimum atomic E-state index is -3.04. The molecule has 0 N–H and O–H groups in total. The van der Waals surface area contributed by atoms with E-state index in [2.05, 4.69) is 12.1 Å². The van der Waals surface area contributed by atoms with Gasteiger partial charge in [0.05, 0.1) is 11.9 Å². The van der Waals surface area contributed by atoms with Crippen molar-refractivity contribution in [3.8, 4) is 16.9 Å². The van der Waals surface area contributed by atoms with Crippen molar-refractivity contribution in [3.05, 3.63) is 53.6 Å². The van der Waals surface area contributed by atoms with Gasteiger partial charge in [-0.1, -0.05) is 30.3 Å². The van der Waals surface area contributed by atoms with Crippen LogP contribution in [-0.2, 0) is 26.7 Å². The van der Waals surface area contributed by atoms with Crippen LogP contribution in [0.3, 0.4) is 0 Å². The zero-order chi connectivity index (χ0) is 22.9. The van der Waals surface area contributed by atoms with Crippen molar-refractivity contribution in [2.24, 2.45) is 0 Å². The average molecular weight is 458 g/mol. The third kappa shape index (κ3) is 5.26. The number of amides is 1. The first-order valence-corrected chi connectivity index (χ1v) is 13.2. The SMILES string of the molecule is CC(C)OC(=O)N1CCC2(CCc3cc(-c4ccc(CS(C)(=O)=O)cc4)ccc3O2)CC1. The maximum absolute atomic E-state index is 12.2. The molecule has 0 bridgehead atoms. The van der Waals surface area contributed by atoms with Gasteiger partial charge in [0.25, 0.3) is 0 Å². The molecule has 0 radical (unpaired) electrons. The highest BCUT2D eigenvalue weighted by Crippen LogP contribution is 2.41. The number of carbonyl (C=O) groups excluding carboxylic acids is 1. The van der Waals surface area contributed by atoms with E-state index in [1.807, 2.05) is 44.2 Å². The summed E-state index contributed by atoms with van der Waals surface area (Å²) in [4.78, 5) is 14.0. The van der Waals surface area contributed by atoms with E-state index in [1.54, 1.807) is 4.90 Å². The monoisotopic (exact) mass is 457 g/mol. The third-order valence-electron chi connectivity index (χ3n) is 6.22. The van der Waals surface area contributed by atoms with Crippen LogP contribution in [0.15, 0.2) is 42.5 Å². The predicted molar refractivity (Wildman–Crippen MR) is 125 cm³/mol. The zero-order valence-corrected chi connectivity index (χ0v) is 19.8. The van der Waals surface area contributed by atoms with Gasteiger partial charge >= 0.3 is 6.09 Å². The van der Waals surface area contributed by atoms with E-state index in [-0.39, 0.29) is 23.6 Å². The number of fused-ring (bicyclic) bond motifs is 1. The van der Waals surface area contributed by atoms with Gasteiger partial charge in [0.15, 0.2) is 9.84 Å². The van der Waals surface area contributed by atoms with Crippen molar-refractivity contribution in [3.63, 3.8) is 0 Å². The van der Waals surface area contributed by atoms with Gasteiger partial charge in [0, 0.05) is 32.2 Å². The summed E-state index contributed by atoms with van der Waals surface area (Å²) in [6.45, 7) is 5.03. The molecule has 0 aromatic heterocycles. The van der Waals surface area contributed by atoms with E-state index in [4.69, 9.17) is 9.47 Å². The number of hydrogen-bond acceptors (Lipinski definition) is 5.